The Morgan fingerprint density at radius 2 is 2.07 bits per heavy atom. The Kier molecular flexibility index (Phi) is 3.47. The summed E-state index contributed by atoms with van der Waals surface area (Å²) in [4.78, 5) is 0. The van der Waals surface area contributed by atoms with E-state index in [-0.39, 0.29) is 11.8 Å². The van der Waals surface area contributed by atoms with E-state index in [2.05, 4.69) is 13.8 Å². The molecule has 1 aromatic rings. The molecule has 0 saturated heterocycles. The van der Waals surface area contributed by atoms with Crippen LogP contribution in [-0.4, -0.2) is 5.11 Å². The summed E-state index contributed by atoms with van der Waals surface area (Å²) in [5, 5.41) is 8.99. The Balaban J connectivity index is 2.80. The molecule has 0 aliphatic carbocycles. The molecule has 14 heavy (non-hydrogen) atoms. The SMILES string of the molecule is CC(C)C[C@H](N)c1ccc(O)c(F)c1. The van der Waals surface area contributed by atoms with Crippen LogP contribution in [0.4, 0.5) is 4.39 Å². The van der Waals surface area contributed by atoms with Crippen molar-refractivity contribution in [1.82, 2.24) is 0 Å². The molecule has 0 heterocycles. The highest BCUT2D eigenvalue weighted by Crippen LogP contribution is 2.23. The molecule has 0 fully saturated rings. The van der Waals surface area contributed by atoms with Crippen molar-refractivity contribution in [2.75, 3.05) is 0 Å². The van der Waals surface area contributed by atoms with Gasteiger partial charge in [0.15, 0.2) is 11.6 Å². The van der Waals surface area contributed by atoms with Crippen LogP contribution in [0, 0.1) is 11.7 Å². The summed E-state index contributed by atoms with van der Waals surface area (Å²) in [6, 6.07) is 4.13. The van der Waals surface area contributed by atoms with Crippen LogP contribution in [0.3, 0.4) is 0 Å². The molecule has 1 aromatic carbocycles. The molecule has 0 radical (unpaired) electrons. The van der Waals surface area contributed by atoms with E-state index in [9.17, 15) is 4.39 Å². The van der Waals surface area contributed by atoms with Crippen LogP contribution in [0.15, 0.2) is 18.2 Å². The van der Waals surface area contributed by atoms with Crippen molar-refractivity contribution in [2.45, 2.75) is 26.3 Å². The second kappa shape index (κ2) is 4.42. The third kappa shape index (κ3) is 2.70. The summed E-state index contributed by atoms with van der Waals surface area (Å²) in [5.41, 5.74) is 6.60. The number of hydrogen-bond donors (Lipinski definition) is 2. The van der Waals surface area contributed by atoms with E-state index in [4.69, 9.17) is 10.8 Å². The number of rotatable bonds is 3. The molecule has 0 unspecified atom stereocenters. The lowest BCUT2D eigenvalue weighted by Crippen LogP contribution is -2.12. The molecule has 0 amide bonds. The number of phenolic OH excluding ortho intramolecular Hbond substituents is 1. The highest BCUT2D eigenvalue weighted by molar-refractivity contribution is 5.29. The average molecular weight is 197 g/mol. The monoisotopic (exact) mass is 197 g/mol. The maximum atomic E-state index is 13.0. The van der Waals surface area contributed by atoms with Crippen molar-refractivity contribution in [3.8, 4) is 5.75 Å². The van der Waals surface area contributed by atoms with Gasteiger partial charge in [0.05, 0.1) is 0 Å². The summed E-state index contributed by atoms with van der Waals surface area (Å²) in [6.07, 6.45) is 0.810. The smallest absolute Gasteiger partial charge is 0.165 e. The van der Waals surface area contributed by atoms with Crippen LogP contribution in [0.1, 0.15) is 31.9 Å². The van der Waals surface area contributed by atoms with E-state index < -0.39 is 5.82 Å². The molecule has 0 aliphatic rings. The van der Waals surface area contributed by atoms with E-state index in [1.165, 1.54) is 12.1 Å². The average Bonchev–Trinajstić information content (AvgIpc) is 2.08. The second-order valence-electron chi connectivity index (χ2n) is 3.95. The van der Waals surface area contributed by atoms with Gasteiger partial charge in [-0.3, -0.25) is 0 Å². The predicted octanol–water partition coefficient (Wildman–Crippen LogP) is 2.58. The Hall–Kier alpha value is -1.09. The minimum atomic E-state index is -0.610. The van der Waals surface area contributed by atoms with Crippen LogP contribution >= 0.6 is 0 Å². The van der Waals surface area contributed by atoms with Gasteiger partial charge in [0.25, 0.3) is 0 Å². The fourth-order valence-electron chi connectivity index (χ4n) is 1.40. The van der Waals surface area contributed by atoms with Crippen molar-refractivity contribution in [2.24, 2.45) is 11.7 Å². The highest BCUT2D eigenvalue weighted by Gasteiger charge is 2.10. The van der Waals surface area contributed by atoms with Crippen LogP contribution in [0.2, 0.25) is 0 Å². The Labute approximate surface area is 83.6 Å². The van der Waals surface area contributed by atoms with E-state index in [1.54, 1.807) is 6.07 Å². The normalized spacial score (nSPS) is 13.2. The van der Waals surface area contributed by atoms with Crippen LogP contribution in [-0.2, 0) is 0 Å². The van der Waals surface area contributed by atoms with E-state index in [0.29, 0.717) is 5.92 Å². The van der Waals surface area contributed by atoms with Crippen molar-refractivity contribution >= 4 is 0 Å². The summed E-state index contributed by atoms with van der Waals surface area (Å²) in [5.74, 6) is -0.464. The fraction of sp³-hybridized carbons (Fsp3) is 0.455. The summed E-state index contributed by atoms with van der Waals surface area (Å²) in [7, 11) is 0. The summed E-state index contributed by atoms with van der Waals surface area (Å²) < 4.78 is 13.0. The van der Waals surface area contributed by atoms with Crippen molar-refractivity contribution in [3.63, 3.8) is 0 Å². The van der Waals surface area contributed by atoms with Crippen molar-refractivity contribution in [3.05, 3.63) is 29.6 Å². The number of hydrogen-bond acceptors (Lipinski definition) is 2. The zero-order chi connectivity index (χ0) is 10.7. The zero-order valence-corrected chi connectivity index (χ0v) is 8.50. The predicted molar refractivity (Wildman–Crippen MR) is 54.4 cm³/mol. The molecule has 1 atom stereocenters. The number of nitrogens with two attached hydrogens (primary N) is 1. The molecular weight excluding hydrogens is 181 g/mol. The van der Waals surface area contributed by atoms with Crippen LogP contribution in [0.5, 0.6) is 5.75 Å². The first-order valence-corrected chi connectivity index (χ1v) is 4.74. The first kappa shape index (κ1) is 11.0. The zero-order valence-electron chi connectivity index (χ0n) is 8.50. The number of aromatic hydroxyl groups is 1. The third-order valence-electron chi connectivity index (χ3n) is 2.13. The van der Waals surface area contributed by atoms with Crippen LogP contribution < -0.4 is 5.73 Å². The molecule has 0 aliphatic heterocycles. The Morgan fingerprint density at radius 1 is 1.43 bits per heavy atom. The quantitative estimate of drug-likeness (QED) is 0.782. The largest absolute Gasteiger partial charge is 0.505 e. The van der Waals surface area contributed by atoms with Gasteiger partial charge in [-0.05, 0) is 30.0 Å². The van der Waals surface area contributed by atoms with Crippen molar-refractivity contribution in [1.29, 1.82) is 0 Å². The Bertz CT molecular complexity index is 312. The second-order valence-corrected chi connectivity index (χ2v) is 3.95. The van der Waals surface area contributed by atoms with E-state index in [0.717, 1.165) is 12.0 Å². The van der Waals surface area contributed by atoms with Gasteiger partial charge in [0.2, 0.25) is 0 Å². The van der Waals surface area contributed by atoms with Crippen LogP contribution in [0.25, 0.3) is 0 Å². The molecule has 78 valence electrons. The fourth-order valence-corrected chi connectivity index (χ4v) is 1.40. The molecule has 1 rings (SSSR count). The van der Waals surface area contributed by atoms with Gasteiger partial charge in [-0.15, -0.1) is 0 Å². The van der Waals surface area contributed by atoms with Gasteiger partial charge in [-0.2, -0.15) is 0 Å². The minimum absolute atomic E-state index is 0.162. The van der Waals surface area contributed by atoms with Gasteiger partial charge in [0.1, 0.15) is 0 Å². The van der Waals surface area contributed by atoms with Gasteiger partial charge in [-0.1, -0.05) is 19.9 Å². The molecule has 0 spiro atoms. The standard InChI is InChI=1S/C11H16FNO/c1-7(2)5-10(13)8-3-4-11(14)9(12)6-8/h3-4,6-7,10,14H,5,13H2,1-2H3/t10-/m0/s1. The lowest BCUT2D eigenvalue weighted by Gasteiger charge is -2.14. The van der Waals surface area contributed by atoms with Gasteiger partial charge in [-0.25, -0.2) is 4.39 Å². The first-order valence-electron chi connectivity index (χ1n) is 4.74. The lowest BCUT2D eigenvalue weighted by molar-refractivity contribution is 0.430. The topological polar surface area (TPSA) is 46.2 Å². The molecule has 3 N–H and O–H groups in total. The lowest BCUT2D eigenvalue weighted by atomic mass is 9.98. The molecule has 0 saturated carbocycles. The highest BCUT2D eigenvalue weighted by atomic mass is 19.1. The Morgan fingerprint density at radius 3 is 2.57 bits per heavy atom. The molecule has 0 aromatic heterocycles. The molecule has 3 heteroatoms. The van der Waals surface area contributed by atoms with Gasteiger partial charge in [0, 0.05) is 6.04 Å². The third-order valence-corrected chi connectivity index (χ3v) is 2.13. The molecule has 2 nitrogen and oxygen atoms in total. The maximum Gasteiger partial charge on any atom is 0.165 e. The minimum Gasteiger partial charge on any atom is -0.505 e. The molecular formula is C11H16FNO. The first-order chi connectivity index (χ1) is 6.50. The number of phenols is 1. The van der Waals surface area contributed by atoms with E-state index in [1.807, 2.05) is 0 Å². The maximum absolute atomic E-state index is 13.0. The number of benzene rings is 1. The van der Waals surface area contributed by atoms with E-state index >= 15 is 0 Å². The van der Waals surface area contributed by atoms with Gasteiger partial charge >= 0.3 is 0 Å². The summed E-state index contributed by atoms with van der Waals surface area (Å²) in [6.45, 7) is 4.13. The molecule has 0 bridgehead atoms. The number of halogens is 1. The van der Waals surface area contributed by atoms with Crippen molar-refractivity contribution < 1.29 is 9.50 Å². The summed E-state index contributed by atoms with van der Waals surface area (Å²) >= 11 is 0. The van der Waals surface area contributed by atoms with Gasteiger partial charge < -0.3 is 10.8 Å².